The highest BCUT2D eigenvalue weighted by Crippen LogP contribution is 2.18. The maximum absolute atomic E-state index is 12.1. The molecule has 2 aromatic carbocycles. The van der Waals surface area contributed by atoms with E-state index in [1.807, 2.05) is 31.3 Å². The molecule has 2 N–H and O–H groups in total. The van der Waals surface area contributed by atoms with Gasteiger partial charge in [-0.05, 0) is 48.9 Å². The number of nitrogens with one attached hydrogen (secondary N) is 2. The fraction of sp³-hybridized carbons (Fsp3) is 0.250. The Labute approximate surface area is 161 Å². The van der Waals surface area contributed by atoms with E-state index in [9.17, 15) is 13.2 Å². The number of benzene rings is 2. The molecule has 0 aromatic heterocycles. The van der Waals surface area contributed by atoms with Crippen LogP contribution < -0.4 is 14.9 Å². The molecular formula is C20H25N3O3S. The third-order valence-corrected chi connectivity index (χ3v) is 5.54. The monoisotopic (exact) mass is 387 g/mol. The highest BCUT2D eigenvalue weighted by atomic mass is 32.2. The number of carbonyl (C=O) groups is 1. The summed E-state index contributed by atoms with van der Waals surface area (Å²) in [6, 6.07) is 14.0. The molecule has 0 aliphatic rings. The molecule has 0 aliphatic heterocycles. The summed E-state index contributed by atoms with van der Waals surface area (Å²) in [6.07, 6.45) is 3.06. The van der Waals surface area contributed by atoms with Crippen molar-refractivity contribution in [2.45, 2.75) is 18.7 Å². The number of nitrogens with zero attached hydrogens (tertiary/aromatic N) is 1. The van der Waals surface area contributed by atoms with Gasteiger partial charge in [0.2, 0.25) is 15.9 Å². The van der Waals surface area contributed by atoms with Gasteiger partial charge < -0.3 is 10.2 Å². The molecule has 0 saturated carbocycles. The maximum atomic E-state index is 12.1. The van der Waals surface area contributed by atoms with Crippen LogP contribution in [0.15, 0.2) is 59.5 Å². The Hall–Kier alpha value is -2.64. The zero-order valence-electron chi connectivity index (χ0n) is 15.8. The molecule has 27 heavy (non-hydrogen) atoms. The summed E-state index contributed by atoms with van der Waals surface area (Å²) >= 11 is 0. The summed E-state index contributed by atoms with van der Waals surface area (Å²) in [5, 5.41) is 2.83. The van der Waals surface area contributed by atoms with Crippen molar-refractivity contribution in [2.24, 2.45) is 0 Å². The van der Waals surface area contributed by atoms with Crippen LogP contribution in [0.1, 0.15) is 19.4 Å². The van der Waals surface area contributed by atoms with Crippen molar-refractivity contribution in [3.05, 3.63) is 60.2 Å². The zero-order chi connectivity index (χ0) is 19.9. The second-order valence-corrected chi connectivity index (χ2v) is 7.72. The quantitative estimate of drug-likeness (QED) is 0.682. The lowest BCUT2D eigenvalue weighted by atomic mass is 10.2. The predicted molar refractivity (Wildman–Crippen MR) is 110 cm³/mol. The largest absolute Gasteiger partial charge is 0.375 e. The van der Waals surface area contributed by atoms with E-state index in [-0.39, 0.29) is 10.8 Å². The van der Waals surface area contributed by atoms with Crippen LogP contribution in [0.2, 0.25) is 0 Å². The third-order valence-electron chi connectivity index (χ3n) is 3.98. The van der Waals surface area contributed by atoms with Gasteiger partial charge in [0.15, 0.2) is 0 Å². The number of amides is 1. The van der Waals surface area contributed by atoms with E-state index in [2.05, 4.69) is 21.9 Å². The molecule has 0 saturated heterocycles. The number of sulfonamides is 1. The van der Waals surface area contributed by atoms with E-state index in [1.165, 1.54) is 18.2 Å². The standard InChI is InChI=1S/C20H25N3O3S/c1-4-21-27(25,26)19-12-9-16(10-13-19)11-14-20(24)22-17-7-6-8-18(15-17)23(3)5-2/h6-15,21H,4-5H2,1-3H3,(H,22,24)/b14-11+. The summed E-state index contributed by atoms with van der Waals surface area (Å²) in [4.78, 5) is 14.4. The van der Waals surface area contributed by atoms with Crippen molar-refractivity contribution < 1.29 is 13.2 Å². The Balaban J connectivity index is 2.03. The molecule has 7 heteroatoms. The number of hydrogen-bond donors (Lipinski definition) is 2. The number of anilines is 2. The van der Waals surface area contributed by atoms with E-state index >= 15 is 0 Å². The topological polar surface area (TPSA) is 78.5 Å². The van der Waals surface area contributed by atoms with E-state index in [0.29, 0.717) is 6.54 Å². The Morgan fingerprint density at radius 3 is 2.44 bits per heavy atom. The van der Waals surface area contributed by atoms with Crippen LogP contribution in [0.5, 0.6) is 0 Å². The first-order valence-corrected chi connectivity index (χ1v) is 10.2. The van der Waals surface area contributed by atoms with E-state index in [0.717, 1.165) is 23.5 Å². The van der Waals surface area contributed by atoms with E-state index < -0.39 is 10.0 Å². The SMILES string of the molecule is CCNS(=O)(=O)c1ccc(/C=C/C(=O)Nc2cccc(N(C)CC)c2)cc1. The van der Waals surface area contributed by atoms with Crippen molar-refractivity contribution in [3.8, 4) is 0 Å². The molecule has 2 aromatic rings. The smallest absolute Gasteiger partial charge is 0.248 e. The second kappa shape index (κ2) is 9.34. The number of rotatable bonds is 8. The van der Waals surface area contributed by atoms with Crippen LogP contribution in [-0.4, -0.2) is 34.5 Å². The minimum Gasteiger partial charge on any atom is -0.375 e. The van der Waals surface area contributed by atoms with E-state index in [1.54, 1.807) is 25.1 Å². The summed E-state index contributed by atoms with van der Waals surface area (Å²) in [5.74, 6) is -0.254. The minimum atomic E-state index is -3.47. The van der Waals surface area contributed by atoms with Crippen molar-refractivity contribution in [1.29, 1.82) is 0 Å². The lowest BCUT2D eigenvalue weighted by Crippen LogP contribution is -2.22. The van der Waals surface area contributed by atoms with Crippen molar-refractivity contribution >= 4 is 33.4 Å². The Morgan fingerprint density at radius 1 is 1.11 bits per heavy atom. The maximum Gasteiger partial charge on any atom is 0.248 e. The van der Waals surface area contributed by atoms with Gasteiger partial charge >= 0.3 is 0 Å². The molecule has 0 heterocycles. The molecule has 6 nitrogen and oxygen atoms in total. The van der Waals surface area contributed by atoms with Gasteiger partial charge in [-0.25, -0.2) is 13.1 Å². The molecule has 0 fully saturated rings. The summed E-state index contributed by atoms with van der Waals surface area (Å²) < 4.78 is 26.3. The van der Waals surface area contributed by atoms with Crippen LogP contribution in [-0.2, 0) is 14.8 Å². The van der Waals surface area contributed by atoms with Gasteiger partial charge in [0.25, 0.3) is 0 Å². The molecular weight excluding hydrogens is 362 g/mol. The summed E-state index contributed by atoms with van der Waals surface area (Å²) in [6.45, 7) is 4.99. The Morgan fingerprint density at radius 2 is 1.81 bits per heavy atom. The molecule has 0 spiro atoms. The van der Waals surface area contributed by atoms with Crippen molar-refractivity contribution in [3.63, 3.8) is 0 Å². The van der Waals surface area contributed by atoms with Gasteiger partial charge in [-0.3, -0.25) is 4.79 Å². The zero-order valence-corrected chi connectivity index (χ0v) is 16.6. The third kappa shape index (κ3) is 5.94. The molecule has 0 unspecified atom stereocenters. The molecule has 144 valence electrons. The van der Waals surface area contributed by atoms with Gasteiger partial charge in [-0.15, -0.1) is 0 Å². The Bertz CT molecular complexity index is 906. The van der Waals surface area contributed by atoms with Gasteiger partial charge in [-0.2, -0.15) is 0 Å². The van der Waals surface area contributed by atoms with Crippen molar-refractivity contribution in [1.82, 2.24) is 4.72 Å². The second-order valence-electron chi connectivity index (χ2n) is 5.96. The minimum absolute atomic E-state index is 0.197. The molecule has 0 atom stereocenters. The molecule has 2 rings (SSSR count). The average Bonchev–Trinajstić information content (AvgIpc) is 2.66. The molecule has 1 amide bonds. The van der Waals surface area contributed by atoms with Crippen LogP contribution in [0.4, 0.5) is 11.4 Å². The first kappa shape index (κ1) is 20.7. The van der Waals surface area contributed by atoms with Crippen LogP contribution in [0.3, 0.4) is 0 Å². The van der Waals surface area contributed by atoms with Gasteiger partial charge in [-0.1, -0.05) is 25.1 Å². The first-order valence-electron chi connectivity index (χ1n) is 8.75. The van der Waals surface area contributed by atoms with Crippen molar-refractivity contribution in [2.75, 3.05) is 30.4 Å². The lowest BCUT2D eigenvalue weighted by Gasteiger charge is -2.17. The predicted octanol–water partition coefficient (Wildman–Crippen LogP) is 3.09. The lowest BCUT2D eigenvalue weighted by molar-refractivity contribution is -0.111. The highest BCUT2D eigenvalue weighted by molar-refractivity contribution is 7.89. The fourth-order valence-corrected chi connectivity index (χ4v) is 3.43. The number of carbonyl (C=O) groups excluding carboxylic acids is 1. The molecule has 0 radical (unpaired) electrons. The van der Waals surface area contributed by atoms with Gasteiger partial charge in [0, 0.05) is 37.6 Å². The molecule has 0 bridgehead atoms. The summed E-state index contributed by atoms with van der Waals surface area (Å²) in [5.41, 5.74) is 2.48. The first-order chi connectivity index (χ1) is 12.9. The highest BCUT2D eigenvalue weighted by Gasteiger charge is 2.11. The fourth-order valence-electron chi connectivity index (χ4n) is 2.39. The van der Waals surface area contributed by atoms with Crippen LogP contribution in [0, 0.1) is 0 Å². The average molecular weight is 388 g/mol. The normalized spacial score (nSPS) is 11.5. The molecule has 0 aliphatic carbocycles. The Kier molecular flexibility index (Phi) is 7.15. The van der Waals surface area contributed by atoms with Crippen LogP contribution >= 0.6 is 0 Å². The number of hydrogen-bond acceptors (Lipinski definition) is 4. The van der Waals surface area contributed by atoms with Gasteiger partial charge in [0.1, 0.15) is 0 Å². The summed E-state index contributed by atoms with van der Waals surface area (Å²) in [7, 11) is -1.48. The van der Waals surface area contributed by atoms with E-state index in [4.69, 9.17) is 0 Å². The van der Waals surface area contributed by atoms with Crippen LogP contribution in [0.25, 0.3) is 6.08 Å². The van der Waals surface area contributed by atoms with Gasteiger partial charge in [0.05, 0.1) is 4.90 Å².